The van der Waals surface area contributed by atoms with Crippen molar-refractivity contribution in [3.8, 4) is 0 Å². The van der Waals surface area contributed by atoms with Crippen LogP contribution >= 0.6 is 0 Å². The maximum Gasteiger partial charge on any atom is 0.231 e. The summed E-state index contributed by atoms with van der Waals surface area (Å²) in [6.45, 7) is 1.31. The molecular weight excluding hydrogens is 204 g/mol. The molecule has 5 heteroatoms. The molecule has 2 rings (SSSR count). The number of fused-ring (bicyclic) bond motifs is 1. The summed E-state index contributed by atoms with van der Waals surface area (Å²) < 4.78 is 0. The quantitative estimate of drug-likeness (QED) is 0.282. The van der Waals surface area contributed by atoms with E-state index in [-0.39, 0.29) is 5.91 Å². The van der Waals surface area contributed by atoms with Crippen LogP contribution in [0.2, 0.25) is 0 Å². The summed E-state index contributed by atoms with van der Waals surface area (Å²) in [4.78, 5) is 13.2. The summed E-state index contributed by atoms with van der Waals surface area (Å²) in [5.41, 5.74) is 5.82. The standard InChI is InChI=1S/C11H16N4O/c1-15-10-3-2-8(6-13-7-14-12)4-9(10)5-11(15)16/h2-4,13-14H,5-7,12H2,1H3. The molecule has 5 nitrogen and oxygen atoms in total. The number of anilines is 1. The van der Waals surface area contributed by atoms with E-state index in [2.05, 4.69) is 16.8 Å². The van der Waals surface area contributed by atoms with Crippen molar-refractivity contribution in [1.29, 1.82) is 0 Å². The number of hydrazine groups is 1. The average Bonchev–Trinajstić information content (AvgIpc) is 2.55. The number of hydrogen-bond acceptors (Lipinski definition) is 4. The van der Waals surface area contributed by atoms with Crippen LogP contribution in [0.4, 0.5) is 5.69 Å². The molecule has 0 fully saturated rings. The Kier molecular flexibility index (Phi) is 3.19. The fraction of sp³-hybridized carbons (Fsp3) is 0.364. The van der Waals surface area contributed by atoms with Gasteiger partial charge in [-0.15, -0.1) is 0 Å². The number of amides is 1. The summed E-state index contributed by atoms with van der Waals surface area (Å²) >= 11 is 0. The van der Waals surface area contributed by atoms with E-state index in [1.54, 1.807) is 4.90 Å². The van der Waals surface area contributed by atoms with Crippen molar-refractivity contribution in [2.75, 3.05) is 18.6 Å². The number of hydrogen-bond donors (Lipinski definition) is 3. The predicted molar refractivity (Wildman–Crippen MR) is 62.6 cm³/mol. The second-order valence-corrected chi connectivity index (χ2v) is 3.90. The molecule has 1 heterocycles. The summed E-state index contributed by atoms with van der Waals surface area (Å²) in [7, 11) is 1.81. The van der Waals surface area contributed by atoms with Crippen molar-refractivity contribution in [1.82, 2.24) is 10.7 Å². The third-order valence-corrected chi connectivity index (χ3v) is 2.78. The Labute approximate surface area is 94.6 Å². The highest BCUT2D eigenvalue weighted by atomic mass is 16.2. The van der Waals surface area contributed by atoms with E-state index in [9.17, 15) is 4.79 Å². The first-order valence-corrected chi connectivity index (χ1v) is 5.25. The van der Waals surface area contributed by atoms with Gasteiger partial charge < -0.3 is 4.90 Å². The fourth-order valence-electron chi connectivity index (χ4n) is 1.91. The average molecular weight is 220 g/mol. The molecule has 16 heavy (non-hydrogen) atoms. The Morgan fingerprint density at radius 2 is 2.31 bits per heavy atom. The molecule has 0 saturated carbocycles. The second-order valence-electron chi connectivity index (χ2n) is 3.90. The smallest absolute Gasteiger partial charge is 0.231 e. The number of likely N-dealkylation sites (N-methyl/N-ethyl adjacent to an activating group) is 1. The van der Waals surface area contributed by atoms with Crippen molar-refractivity contribution < 1.29 is 4.79 Å². The molecule has 1 amide bonds. The SMILES string of the molecule is CN1C(=O)Cc2cc(CNCNN)ccc21. The van der Waals surface area contributed by atoms with Crippen molar-refractivity contribution in [2.24, 2.45) is 5.84 Å². The Bertz CT molecular complexity index is 405. The number of nitrogens with two attached hydrogens (primary N) is 1. The number of rotatable bonds is 4. The molecule has 4 N–H and O–H groups in total. The highest BCUT2D eigenvalue weighted by molar-refractivity contribution is 6.00. The normalized spacial score (nSPS) is 14.4. The van der Waals surface area contributed by atoms with Crippen molar-refractivity contribution in [3.63, 3.8) is 0 Å². The van der Waals surface area contributed by atoms with E-state index in [4.69, 9.17) is 5.84 Å². The molecule has 0 bridgehead atoms. The lowest BCUT2D eigenvalue weighted by atomic mass is 10.1. The van der Waals surface area contributed by atoms with E-state index in [0.717, 1.165) is 23.4 Å². The van der Waals surface area contributed by atoms with E-state index >= 15 is 0 Å². The zero-order chi connectivity index (χ0) is 11.5. The van der Waals surface area contributed by atoms with Gasteiger partial charge >= 0.3 is 0 Å². The maximum absolute atomic E-state index is 11.5. The van der Waals surface area contributed by atoms with Crippen LogP contribution in [0.5, 0.6) is 0 Å². The van der Waals surface area contributed by atoms with Crippen LogP contribution in [0, 0.1) is 0 Å². The lowest BCUT2D eigenvalue weighted by molar-refractivity contribution is -0.117. The molecule has 0 unspecified atom stereocenters. The Morgan fingerprint density at radius 1 is 1.50 bits per heavy atom. The van der Waals surface area contributed by atoms with E-state index in [1.807, 2.05) is 19.2 Å². The minimum atomic E-state index is 0.156. The van der Waals surface area contributed by atoms with Crippen molar-refractivity contribution in [2.45, 2.75) is 13.0 Å². The minimum absolute atomic E-state index is 0.156. The van der Waals surface area contributed by atoms with Gasteiger partial charge in [0.2, 0.25) is 5.91 Å². The third-order valence-electron chi connectivity index (χ3n) is 2.78. The maximum atomic E-state index is 11.5. The van der Waals surface area contributed by atoms with Gasteiger partial charge in [-0.05, 0) is 17.2 Å². The molecule has 1 aromatic carbocycles. The molecule has 0 aliphatic carbocycles. The first-order chi connectivity index (χ1) is 7.72. The van der Waals surface area contributed by atoms with Crippen molar-refractivity contribution >= 4 is 11.6 Å². The topological polar surface area (TPSA) is 70.4 Å². The predicted octanol–water partition coefficient (Wildman–Crippen LogP) is -0.284. The molecule has 0 radical (unpaired) electrons. The Hall–Kier alpha value is -1.43. The lowest BCUT2D eigenvalue weighted by Gasteiger charge is -2.10. The summed E-state index contributed by atoms with van der Waals surface area (Å²) in [6.07, 6.45) is 0.509. The van der Waals surface area contributed by atoms with Gasteiger partial charge in [-0.1, -0.05) is 12.1 Å². The molecule has 1 aliphatic heterocycles. The van der Waals surface area contributed by atoms with Crippen LogP contribution in [0.25, 0.3) is 0 Å². The van der Waals surface area contributed by atoms with Gasteiger partial charge in [0, 0.05) is 19.3 Å². The molecule has 0 atom stereocenters. The zero-order valence-electron chi connectivity index (χ0n) is 9.29. The molecule has 0 saturated heterocycles. The van der Waals surface area contributed by atoms with E-state index in [0.29, 0.717) is 13.1 Å². The van der Waals surface area contributed by atoms with Gasteiger partial charge in [0.1, 0.15) is 0 Å². The van der Waals surface area contributed by atoms with Gasteiger partial charge in [0.05, 0.1) is 13.1 Å². The first kappa shape index (κ1) is 11.1. The summed E-state index contributed by atoms with van der Waals surface area (Å²) in [6, 6.07) is 6.09. The van der Waals surface area contributed by atoms with Crippen LogP contribution in [-0.4, -0.2) is 19.6 Å². The monoisotopic (exact) mass is 220 g/mol. The number of benzene rings is 1. The summed E-state index contributed by atoms with van der Waals surface area (Å²) in [5, 5.41) is 3.13. The van der Waals surface area contributed by atoms with Gasteiger partial charge in [0.15, 0.2) is 0 Å². The molecule has 0 aromatic heterocycles. The van der Waals surface area contributed by atoms with Gasteiger partial charge in [0.25, 0.3) is 0 Å². The van der Waals surface area contributed by atoms with Gasteiger partial charge in [-0.2, -0.15) is 0 Å². The number of nitrogens with zero attached hydrogens (tertiary/aromatic N) is 1. The molecule has 1 aliphatic rings. The second kappa shape index (κ2) is 4.61. The number of carbonyl (C=O) groups excluding carboxylic acids is 1. The first-order valence-electron chi connectivity index (χ1n) is 5.25. The zero-order valence-corrected chi connectivity index (χ0v) is 9.29. The van der Waals surface area contributed by atoms with E-state index in [1.165, 1.54) is 0 Å². The number of nitrogens with one attached hydrogen (secondary N) is 2. The van der Waals surface area contributed by atoms with Crippen molar-refractivity contribution in [3.05, 3.63) is 29.3 Å². The lowest BCUT2D eigenvalue weighted by Crippen LogP contribution is -2.33. The molecular formula is C11H16N4O. The van der Waals surface area contributed by atoms with Crippen LogP contribution in [0.3, 0.4) is 0 Å². The molecule has 1 aromatic rings. The van der Waals surface area contributed by atoms with Crippen LogP contribution in [-0.2, 0) is 17.8 Å². The van der Waals surface area contributed by atoms with Crippen LogP contribution < -0.4 is 21.5 Å². The molecule has 0 spiro atoms. The van der Waals surface area contributed by atoms with Crippen LogP contribution in [0.15, 0.2) is 18.2 Å². The highest BCUT2D eigenvalue weighted by Gasteiger charge is 2.23. The molecule has 86 valence electrons. The van der Waals surface area contributed by atoms with Crippen LogP contribution in [0.1, 0.15) is 11.1 Å². The number of carbonyl (C=O) groups is 1. The van der Waals surface area contributed by atoms with Gasteiger partial charge in [-0.25, -0.2) is 5.43 Å². The fourth-order valence-corrected chi connectivity index (χ4v) is 1.91. The Morgan fingerprint density at radius 3 is 3.06 bits per heavy atom. The Balaban J connectivity index is 2.09. The van der Waals surface area contributed by atoms with Gasteiger partial charge in [-0.3, -0.25) is 16.0 Å². The minimum Gasteiger partial charge on any atom is -0.315 e. The highest BCUT2D eigenvalue weighted by Crippen LogP contribution is 2.28. The third kappa shape index (κ3) is 2.06. The largest absolute Gasteiger partial charge is 0.315 e. The summed E-state index contributed by atoms with van der Waals surface area (Å²) in [5.74, 6) is 5.31. The van der Waals surface area contributed by atoms with E-state index < -0.39 is 0 Å².